The summed E-state index contributed by atoms with van der Waals surface area (Å²) in [6, 6.07) is 7.08. The van der Waals surface area contributed by atoms with Gasteiger partial charge in [-0.3, -0.25) is 4.79 Å². The lowest BCUT2D eigenvalue weighted by Crippen LogP contribution is -2.40. The van der Waals surface area contributed by atoms with Gasteiger partial charge in [0.1, 0.15) is 11.6 Å². The van der Waals surface area contributed by atoms with E-state index in [1.807, 2.05) is 11.1 Å². The summed E-state index contributed by atoms with van der Waals surface area (Å²) in [5.41, 5.74) is 0. The van der Waals surface area contributed by atoms with Crippen LogP contribution >= 0.6 is 11.6 Å². The Morgan fingerprint density at radius 3 is 2.58 bits per heavy atom. The minimum Gasteiger partial charge on any atom is -0.484 e. The molecular weight excluding hydrogens is 350 g/mol. The van der Waals surface area contributed by atoms with E-state index in [4.69, 9.17) is 16.3 Å². The number of hydrogen-bond donors (Lipinski definition) is 0. The lowest BCUT2D eigenvalue weighted by atomic mass is 9.96. The van der Waals surface area contributed by atoms with Gasteiger partial charge in [0.2, 0.25) is 0 Å². The van der Waals surface area contributed by atoms with Gasteiger partial charge in [0.25, 0.3) is 5.91 Å². The van der Waals surface area contributed by atoms with E-state index < -0.39 is 0 Å². The summed E-state index contributed by atoms with van der Waals surface area (Å²) >= 11 is 5.86. The third-order valence-corrected chi connectivity index (χ3v) is 5.54. The van der Waals surface area contributed by atoms with Gasteiger partial charge in [0, 0.05) is 43.0 Å². The first-order chi connectivity index (χ1) is 12.7. The summed E-state index contributed by atoms with van der Waals surface area (Å²) in [6.45, 7) is 2.71. The van der Waals surface area contributed by atoms with E-state index >= 15 is 0 Å². The van der Waals surface area contributed by atoms with Crippen LogP contribution in [0.3, 0.4) is 0 Å². The number of hydrogen-bond acceptors (Lipinski definition) is 3. The standard InChI is InChI=1S/C20H24ClN3O2/c21-17-3-5-18(6-4-17)26-14-19(25)23-10-7-16(8-11-23)20-22-9-12-24(20)13-15-1-2-15/h3-6,9,12,15-16H,1-2,7-8,10-11,13-14H2. The van der Waals surface area contributed by atoms with E-state index in [0.29, 0.717) is 16.7 Å². The van der Waals surface area contributed by atoms with Crippen molar-refractivity contribution in [1.82, 2.24) is 14.5 Å². The monoisotopic (exact) mass is 373 g/mol. The molecule has 1 saturated heterocycles. The Kier molecular flexibility index (Phi) is 5.16. The average molecular weight is 374 g/mol. The van der Waals surface area contributed by atoms with E-state index in [-0.39, 0.29) is 12.5 Å². The molecule has 2 fully saturated rings. The molecule has 1 aliphatic carbocycles. The maximum absolute atomic E-state index is 12.4. The van der Waals surface area contributed by atoms with Crippen molar-refractivity contribution in [3.8, 4) is 5.75 Å². The van der Waals surface area contributed by atoms with Crippen LogP contribution in [-0.2, 0) is 11.3 Å². The molecule has 138 valence electrons. The SMILES string of the molecule is O=C(COc1ccc(Cl)cc1)N1CCC(c2nccn2CC2CC2)CC1. The predicted octanol–water partition coefficient (Wildman–Crippen LogP) is 3.73. The number of nitrogens with zero attached hydrogens (tertiary/aromatic N) is 3. The topological polar surface area (TPSA) is 47.4 Å². The number of aromatic nitrogens is 2. The zero-order chi connectivity index (χ0) is 17.9. The number of benzene rings is 1. The van der Waals surface area contributed by atoms with Crippen LogP contribution in [0.25, 0.3) is 0 Å². The van der Waals surface area contributed by atoms with Crippen LogP contribution in [0.15, 0.2) is 36.7 Å². The minimum atomic E-state index is 0.0414. The largest absolute Gasteiger partial charge is 0.484 e. The molecule has 1 aromatic heterocycles. The van der Waals surface area contributed by atoms with Crippen LogP contribution in [0, 0.1) is 5.92 Å². The second kappa shape index (κ2) is 7.70. The van der Waals surface area contributed by atoms with Gasteiger partial charge < -0.3 is 14.2 Å². The van der Waals surface area contributed by atoms with Crippen molar-refractivity contribution >= 4 is 17.5 Å². The van der Waals surface area contributed by atoms with Crippen molar-refractivity contribution in [3.63, 3.8) is 0 Å². The molecule has 1 amide bonds. The van der Waals surface area contributed by atoms with Gasteiger partial charge >= 0.3 is 0 Å². The summed E-state index contributed by atoms with van der Waals surface area (Å²) < 4.78 is 7.90. The fourth-order valence-electron chi connectivity index (χ4n) is 3.57. The number of imidazole rings is 1. The van der Waals surface area contributed by atoms with Crippen molar-refractivity contribution in [1.29, 1.82) is 0 Å². The molecule has 1 saturated carbocycles. The van der Waals surface area contributed by atoms with Crippen LogP contribution in [-0.4, -0.2) is 40.1 Å². The van der Waals surface area contributed by atoms with Crippen LogP contribution < -0.4 is 4.74 Å². The smallest absolute Gasteiger partial charge is 0.260 e. The second-order valence-electron chi connectivity index (χ2n) is 7.28. The Bertz CT molecular complexity index is 747. The van der Waals surface area contributed by atoms with Gasteiger partial charge in [-0.05, 0) is 55.9 Å². The van der Waals surface area contributed by atoms with Crippen LogP contribution in [0.1, 0.15) is 37.4 Å². The normalized spacial score (nSPS) is 18.1. The van der Waals surface area contributed by atoms with E-state index in [0.717, 1.165) is 38.4 Å². The second-order valence-corrected chi connectivity index (χ2v) is 7.72. The lowest BCUT2D eigenvalue weighted by molar-refractivity contribution is -0.134. The third kappa shape index (κ3) is 4.21. The first kappa shape index (κ1) is 17.4. The lowest BCUT2D eigenvalue weighted by Gasteiger charge is -2.32. The first-order valence-corrected chi connectivity index (χ1v) is 9.74. The quantitative estimate of drug-likeness (QED) is 0.775. The predicted molar refractivity (Wildman–Crippen MR) is 100 cm³/mol. The van der Waals surface area contributed by atoms with Gasteiger partial charge in [-0.1, -0.05) is 11.6 Å². The first-order valence-electron chi connectivity index (χ1n) is 9.36. The number of piperidine rings is 1. The number of carbonyl (C=O) groups excluding carboxylic acids is 1. The molecular formula is C20H24ClN3O2. The minimum absolute atomic E-state index is 0.0414. The average Bonchev–Trinajstić information content (AvgIpc) is 3.36. The van der Waals surface area contributed by atoms with Crippen molar-refractivity contribution in [2.24, 2.45) is 5.92 Å². The van der Waals surface area contributed by atoms with E-state index in [9.17, 15) is 4.79 Å². The zero-order valence-electron chi connectivity index (χ0n) is 14.8. The van der Waals surface area contributed by atoms with E-state index in [2.05, 4.69) is 15.7 Å². The van der Waals surface area contributed by atoms with Crippen molar-refractivity contribution in [2.75, 3.05) is 19.7 Å². The molecule has 0 radical (unpaired) electrons. The molecule has 0 atom stereocenters. The molecule has 2 aromatic rings. The number of likely N-dealkylation sites (tertiary alicyclic amines) is 1. The summed E-state index contributed by atoms with van der Waals surface area (Å²) in [4.78, 5) is 18.9. The third-order valence-electron chi connectivity index (χ3n) is 5.29. The van der Waals surface area contributed by atoms with Crippen molar-refractivity contribution in [2.45, 2.75) is 38.1 Å². The zero-order valence-corrected chi connectivity index (χ0v) is 15.6. The van der Waals surface area contributed by atoms with E-state index in [1.54, 1.807) is 24.3 Å². The Hall–Kier alpha value is -2.01. The van der Waals surface area contributed by atoms with Gasteiger partial charge in [0.05, 0.1) is 0 Å². The molecule has 1 aromatic carbocycles. The molecule has 0 unspecified atom stereocenters. The Balaban J connectivity index is 1.27. The van der Waals surface area contributed by atoms with Gasteiger partial charge in [-0.25, -0.2) is 4.98 Å². The molecule has 0 spiro atoms. The molecule has 26 heavy (non-hydrogen) atoms. The number of ether oxygens (including phenoxy) is 1. The van der Waals surface area contributed by atoms with Gasteiger partial charge in [-0.15, -0.1) is 0 Å². The highest BCUT2D eigenvalue weighted by atomic mass is 35.5. The van der Waals surface area contributed by atoms with Gasteiger partial charge in [0.15, 0.2) is 6.61 Å². The fraction of sp³-hybridized carbons (Fsp3) is 0.500. The number of carbonyl (C=O) groups is 1. The van der Waals surface area contributed by atoms with Crippen LogP contribution in [0.4, 0.5) is 0 Å². The summed E-state index contributed by atoms with van der Waals surface area (Å²) in [7, 11) is 0. The molecule has 0 bridgehead atoms. The molecule has 2 aliphatic rings. The van der Waals surface area contributed by atoms with Crippen molar-refractivity contribution in [3.05, 3.63) is 47.5 Å². The molecule has 1 aliphatic heterocycles. The highest BCUT2D eigenvalue weighted by Gasteiger charge is 2.28. The fourth-order valence-corrected chi connectivity index (χ4v) is 3.69. The van der Waals surface area contributed by atoms with Gasteiger partial charge in [-0.2, -0.15) is 0 Å². The molecule has 2 heterocycles. The highest BCUT2D eigenvalue weighted by Crippen LogP contribution is 2.33. The summed E-state index contributed by atoms with van der Waals surface area (Å²) in [5.74, 6) is 3.19. The van der Waals surface area contributed by atoms with Crippen LogP contribution in [0.5, 0.6) is 5.75 Å². The Morgan fingerprint density at radius 2 is 1.88 bits per heavy atom. The number of halogens is 1. The molecule has 6 heteroatoms. The summed E-state index contributed by atoms with van der Waals surface area (Å²) in [6.07, 6.45) is 8.64. The summed E-state index contributed by atoms with van der Waals surface area (Å²) in [5, 5.41) is 0.658. The van der Waals surface area contributed by atoms with Crippen molar-refractivity contribution < 1.29 is 9.53 Å². The number of amides is 1. The molecule has 5 nitrogen and oxygen atoms in total. The maximum atomic E-state index is 12.4. The number of rotatable bonds is 6. The molecule has 0 N–H and O–H groups in total. The molecule has 4 rings (SSSR count). The Labute approximate surface area is 158 Å². The van der Waals surface area contributed by atoms with Crippen LogP contribution in [0.2, 0.25) is 5.02 Å². The Morgan fingerprint density at radius 1 is 1.15 bits per heavy atom. The maximum Gasteiger partial charge on any atom is 0.260 e. The van der Waals surface area contributed by atoms with E-state index in [1.165, 1.54) is 18.7 Å². The highest BCUT2D eigenvalue weighted by molar-refractivity contribution is 6.30.